The third-order valence-corrected chi connectivity index (χ3v) is 3.17. The van der Waals surface area contributed by atoms with Gasteiger partial charge in [0.2, 0.25) is 5.76 Å². The van der Waals surface area contributed by atoms with Crippen molar-refractivity contribution in [3.05, 3.63) is 17.5 Å². The molecule has 0 spiro atoms. The molecule has 5 heteroatoms. The summed E-state index contributed by atoms with van der Waals surface area (Å²) in [4.78, 5) is 14.1. The summed E-state index contributed by atoms with van der Waals surface area (Å²) in [6, 6.07) is 2.03. The fourth-order valence-electron chi connectivity index (χ4n) is 2.11. The molecule has 1 atom stereocenters. The summed E-state index contributed by atoms with van der Waals surface area (Å²) < 4.78 is 4.91. The molecule has 0 aromatic carbocycles. The molecule has 1 unspecified atom stereocenters. The number of carbonyl (C=O) groups excluding carboxylic acids is 1. The standard InChI is InChI=1S/C12H19N3O2/c1-9-7-11(17-14-9)12(16)13-8-10(2)15-5-3-4-6-15/h7,10H,3-6,8H2,1-2H3,(H,13,16). The molecule has 0 bridgehead atoms. The van der Waals surface area contributed by atoms with Crippen LogP contribution in [0.25, 0.3) is 0 Å². The minimum atomic E-state index is -0.184. The van der Waals surface area contributed by atoms with Crippen molar-refractivity contribution in [2.24, 2.45) is 0 Å². The second-order valence-electron chi connectivity index (χ2n) is 4.63. The molecule has 2 heterocycles. The van der Waals surface area contributed by atoms with Crippen LogP contribution in [0, 0.1) is 6.92 Å². The van der Waals surface area contributed by atoms with Gasteiger partial charge < -0.3 is 9.84 Å². The van der Waals surface area contributed by atoms with Gasteiger partial charge in [-0.1, -0.05) is 5.16 Å². The Kier molecular flexibility index (Phi) is 3.78. The van der Waals surface area contributed by atoms with E-state index in [0.29, 0.717) is 12.6 Å². The number of aromatic nitrogens is 1. The van der Waals surface area contributed by atoms with E-state index in [1.165, 1.54) is 12.8 Å². The highest BCUT2D eigenvalue weighted by molar-refractivity contribution is 5.91. The first-order chi connectivity index (χ1) is 8.16. The van der Waals surface area contributed by atoms with Crippen LogP contribution >= 0.6 is 0 Å². The molecule has 1 fully saturated rings. The Labute approximate surface area is 101 Å². The molecular weight excluding hydrogens is 218 g/mol. The van der Waals surface area contributed by atoms with Gasteiger partial charge in [0.25, 0.3) is 5.91 Å². The number of nitrogens with zero attached hydrogens (tertiary/aromatic N) is 2. The number of rotatable bonds is 4. The van der Waals surface area contributed by atoms with Gasteiger partial charge in [-0.05, 0) is 39.8 Å². The summed E-state index contributed by atoms with van der Waals surface area (Å²) in [5, 5.41) is 6.57. The molecular formula is C12H19N3O2. The quantitative estimate of drug-likeness (QED) is 0.854. The summed E-state index contributed by atoms with van der Waals surface area (Å²) in [5.74, 6) is 0.104. The lowest BCUT2D eigenvalue weighted by atomic mass is 10.3. The average Bonchev–Trinajstić information content (AvgIpc) is 2.95. The third kappa shape index (κ3) is 3.06. The average molecular weight is 237 g/mol. The maximum absolute atomic E-state index is 11.7. The Hall–Kier alpha value is -1.36. The highest BCUT2D eigenvalue weighted by Gasteiger charge is 2.19. The van der Waals surface area contributed by atoms with Crippen molar-refractivity contribution in [3.8, 4) is 0 Å². The van der Waals surface area contributed by atoms with E-state index >= 15 is 0 Å². The molecule has 94 valence electrons. The van der Waals surface area contributed by atoms with Crippen LogP contribution in [0.2, 0.25) is 0 Å². The maximum Gasteiger partial charge on any atom is 0.289 e. The van der Waals surface area contributed by atoms with E-state index in [-0.39, 0.29) is 11.7 Å². The molecule has 1 N–H and O–H groups in total. The fourth-order valence-corrected chi connectivity index (χ4v) is 2.11. The smallest absolute Gasteiger partial charge is 0.289 e. The van der Waals surface area contributed by atoms with Crippen LogP contribution < -0.4 is 5.32 Å². The Bertz CT molecular complexity index is 383. The topological polar surface area (TPSA) is 58.4 Å². The van der Waals surface area contributed by atoms with E-state index in [0.717, 1.165) is 18.8 Å². The lowest BCUT2D eigenvalue weighted by Crippen LogP contribution is -2.40. The summed E-state index contributed by atoms with van der Waals surface area (Å²) in [6.45, 7) is 6.86. The van der Waals surface area contributed by atoms with Crippen LogP contribution in [0.4, 0.5) is 0 Å². The molecule has 1 aliphatic heterocycles. The summed E-state index contributed by atoms with van der Waals surface area (Å²) in [6.07, 6.45) is 2.53. The summed E-state index contributed by atoms with van der Waals surface area (Å²) in [7, 11) is 0. The molecule has 17 heavy (non-hydrogen) atoms. The Morgan fingerprint density at radius 1 is 1.59 bits per heavy atom. The number of amides is 1. The van der Waals surface area contributed by atoms with Crippen molar-refractivity contribution in [1.82, 2.24) is 15.4 Å². The van der Waals surface area contributed by atoms with Crippen LogP contribution in [0.15, 0.2) is 10.6 Å². The summed E-state index contributed by atoms with van der Waals surface area (Å²) >= 11 is 0. The highest BCUT2D eigenvalue weighted by Crippen LogP contribution is 2.11. The first kappa shape index (κ1) is 12.1. The normalized spacial score (nSPS) is 18.2. The van der Waals surface area contributed by atoms with Gasteiger partial charge in [-0.3, -0.25) is 9.69 Å². The van der Waals surface area contributed by atoms with Gasteiger partial charge in [0.05, 0.1) is 5.69 Å². The Balaban J connectivity index is 1.79. The molecule has 0 saturated carbocycles. The van der Waals surface area contributed by atoms with Crippen LogP contribution in [-0.2, 0) is 0 Å². The molecule has 1 aliphatic rings. The Morgan fingerprint density at radius 2 is 2.29 bits per heavy atom. The predicted molar refractivity (Wildman–Crippen MR) is 63.8 cm³/mol. The van der Waals surface area contributed by atoms with Crippen LogP contribution in [0.3, 0.4) is 0 Å². The lowest BCUT2D eigenvalue weighted by Gasteiger charge is -2.23. The number of aryl methyl sites for hydroxylation is 1. The minimum Gasteiger partial charge on any atom is -0.351 e. The molecule has 1 amide bonds. The second-order valence-corrected chi connectivity index (χ2v) is 4.63. The number of nitrogens with one attached hydrogen (secondary N) is 1. The highest BCUT2D eigenvalue weighted by atomic mass is 16.5. The van der Waals surface area contributed by atoms with Gasteiger partial charge in [0.1, 0.15) is 0 Å². The van der Waals surface area contributed by atoms with Gasteiger partial charge in [0, 0.05) is 18.7 Å². The third-order valence-electron chi connectivity index (χ3n) is 3.17. The van der Waals surface area contributed by atoms with E-state index in [2.05, 4.69) is 22.3 Å². The molecule has 5 nitrogen and oxygen atoms in total. The summed E-state index contributed by atoms with van der Waals surface area (Å²) in [5.41, 5.74) is 0.725. The number of likely N-dealkylation sites (tertiary alicyclic amines) is 1. The first-order valence-corrected chi connectivity index (χ1v) is 6.12. The van der Waals surface area contributed by atoms with Crippen LogP contribution in [-0.4, -0.2) is 41.6 Å². The van der Waals surface area contributed by atoms with Gasteiger partial charge in [-0.2, -0.15) is 0 Å². The minimum absolute atomic E-state index is 0.184. The zero-order valence-electron chi connectivity index (χ0n) is 10.4. The van der Waals surface area contributed by atoms with Gasteiger partial charge in [-0.25, -0.2) is 0 Å². The molecule has 1 aromatic rings. The van der Waals surface area contributed by atoms with Crippen molar-refractivity contribution < 1.29 is 9.32 Å². The fraction of sp³-hybridized carbons (Fsp3) is 0.667. The van der Waals surface area contributed by atoms with Gasteiger partial charge in [-0.15, -0.1) is 0 Å². The van der Waals surface area contributed by atoms with E-state index in [4.69, 9.17) is 4.52 Å². The SMILES string of the molecule is Cc1cc(C(=O)NCC(C)N2CCCC2)on1. The monoisotopic (exact) mass is 237 g/mol. The zero-order valence-corrected chi connectivity index (χ0v) is 10.4. The first-order valence-electron chi connectivity index (χ1n) is 6.12. The Morgan fingerprint density at radius 3 is 2.88 bits per heavy atom. The van der Waals surface area contributed by atoms with E-state index in [1.54, 1.807) is 13.0 Å². The molecule has 1 saturated heterocycles. The molecule has 1 aromatic heterocycles. The molecule has 0 radical (unpaired) electrons. The van der Waals surface area contributed by atoms with Crippen LogP contribution in [0.5, 0.6) is 0 Å². The van der Waals surface area contributed by atoms with Crippen molar-refractivity contribution in [2.45, 2.75) is 32.7 Å². The van der Waals surface area contributed by atoms with Crippen molar-refractivity contribution in [2.75, 3.05) is 19.6 Å². The largest absolute Gasteiger partial charge is 0.351 e. The second kappa shape index (κ2) is 5.31. The van der Waals surface area contributed by atoms with Gasteiger partial charge in [0.15, 0.2) is 0 Å². The van der Waals surface area contributed by atoms with Crippen molar-refractivity contribution in [1.29, 1.82) is 0 Å². The zero-order chi connectivity index (χ0) is 12.3. The molecule has 2 rings (SSSR count). The predicted octanol–water partition coefficient (Wildman–Crippen LogP) is 1.20. The molecule has 0 aliphatic carbocycles. The van der Waals surface area contributed by atoms with Gasteiger partial charge >= 0.3 is 0 Å². The number of hydrogen-bond donors (Lipinski definition) is 1. The van der Waals surface area contributed by atoms with Crippen molar-refractivity contribution in [3.63, 3.8) is 0 Å². The van der Waals surface area contributed by atoms with Crippen LogP contribution in [0.1, 0.15) is 36.0 Å². The van der Waals surface area contributed by atoms with E-state index in [9.17, 15) is 4.79 Å². The maximum atomic E-state index is 11.7. The lowest BCUT2D eigenvalue weighted by molar-refractivity contribution is 0.0903. The van der Waals surface area contributed by atoms with E-state index < -0.39 is 0 Å². The number of hydrogen-bond acceptors (Lipinski definition) is 4. The van der Waals surface area contributed by atoms with E-state index in [1.807, 2.05) is 0 Å². The van der Waals surface area contributed by atoms with Crippen molar-refractivity contribution >= 4 is 5.91 Å². The number of carbonyl (C=O) groups is 1.